The molecule has 0 aromatic carbocycles. The van der Waals surface area contributed by atoms with Crippen molar-refractivity contribution in [3.05, 3.63) is 0 Å². The lowest BCUT2D eigenvalue weighted by atomic mass is 9.70. The fraction of sp³-hybridized carbons (Fsp3) is 0.938. The van der Waals surface area contributed by atoms with E-state index in [1.807, 2.05) is 0 Å². The Labute approximate surface area is 117 Å². The molecular formula is C16H29NO2. The van der Waals surface area contributed by atoms with Gasteiger partial charge in [0.05, 0.1) is 5.92 Å². The zero-order valence-electron chi connectivity index (χ0n) is 12.9. The largest absolute Gasteiger partial charge is 0.462 e. The Kier molecular flexibility index (Phi) is 3.97. The van der Waals surface area contributed by atoms with Crippen molar-refractivity contribution in [3.63, 3.8) is 0 Å². The number of hydrogen-bond donors (Lipinski definition) is 1. The van der Waals surface area contributed by atoms with E-state index in [1.165, 1.54) is 12.8 Å². The molecule has 0 radical (unpaired) electrons. The maximum atomic E-state index is 12.2. The predicted molar refractivity (Wildman–Crippen MR) is 76.6 cm³/mol. The Bertz CT molecular complexity index is 353. The molecule has 3 heteroatoms. The summed E-state index contributed by atoms with van der Waals surface area (Å²) in [7, 11) is 0. The Balaban J connectivity index is 2.03. The zero-order valence-corrected chi connectivity index (χ0v) is 12.9. The summed E-state index contributed by atoms with van der Waals surface area (Å²) in [5.41, 5.74) is 6.14. The number of rotatable bonds is 5. The van der Waals surface area contributed by atoms with Gasteiger partial charge in [-0.25, -0.2) is 0 Å². The lowest BCUT2D eigenvalue weighted by Crippen LogP contribution is -2.40. The van der Waals surface area contributed by atoms with E-state index in [1.54, 1.807) is 0 Å². The topological polar surface area (TPSA) is 52.3 Å². The van der Waals surface area contributed by atoms with Gasteiger partial charge in [-0.15, -0.1) is 0 Å². The van der Waals surface area contributed by atoms with Crippen LogP contribution in [0.4, 0.5) is 0 Å². The molecule has 2 fully saturated rings. The van der Waals surface area contributed by atoms with Gasteiger partial charge < -0.3 is 10.5 Å². The smallest absolute Gasteiger partial charge is 0.310 e. The van der Waals surface area contributed by atoms with Crippen LogP contribution < -0.4 is 5.73 Å². The SMILES string of the molecule is CCCC(CN)C(=O)OC1CC2CCC1(C)C2(C)C. The number of esters is 1. The summed E-state index contributed by atoms with van der Waals surface area (Å²) < 4.78 is 5.87. The van der Waals surface area contributed by atoms with Crippen LogP contribution in [-0.2, 0) is 9.53 Å². The number of carbonyl (C=O) groups is 1. The summed E-state index contributed by atoms with van der Waals surface area (Å²) >= 11 is 0. The third kappa shape index (κ3) is 2.20. The molecule has 0 spiro atoms. The quantitative estimate of drug-likeness (QED) is 0.779. The second-order valence-corrected chi connectivity index (χ2v) is 7.26. The van der Waals surface area contributed by atoms with Crippen molar-refractivity contribution < 1.29 is 9.53 Å². The number of carbonyl (C=O) groups excluding carboxylic acids is 1. The van der Waals surface area contributed by atoms with Crippen LogP contribution in [0.25, 0.3) is 0 Å². The normalized spacial score (nSPS) is 37.3. The number of fused-ring (bicyclic) bond motifs is 2. The van der Waals surface area contributed by atoms with Gasteiger partial charge in [0.2, 0.25) is 0 Å². The number of ether oxygens (including phenoxy) is 1. The number of nitrogens with two attached hydrogens (primary N) is 1. The van der Waals surface area contributed by atoms with E-state index in [2.05, 4.69) is 27.7 Å². The minimum Gasteiger partial charge on any atom is -0.462 e. The van der Waals surface area contributed by atoms with Gasteiger partial charge in [-0.2, -0.15) is 0 Å². The van der Waals surface area contributed by atoms with E-state index in [0.29, 0.717) is 17.9 Å². The molecule has 0 amide bonds. The molecule has 0 heterocycles. The highest BCUT2D eigenvalue weighted by atomic mass is 16.5. The van der Waals surface area contributed by atoms with Crippen molar-refractivity contribution in [2.24, 2.45) is 28.4 Å². The van der Waals surface area contributed by atoms with E-state index in [-0.39, 0.29) is 23.4 Å². The molecule has 2 aliphatic carbocycles. The minimum absolute atomic E-state index is 0.0704. The second kappa shape index (κ2) is 5.08. The van der Waals surface area contributed by atoms with Crippen molar-refractivity contribution in [3.8, 4) is 0 Å². The van der Waals surface area contributed by atoms with E-state index in [4.69, 9.17) is 10.5 Å². The maximum Gasteiger partial charge on any atom is 0.310 e. The molecule has 2 bridgehead atoms. The summed E-state index contributed by atoms with van der Waals surface area (Å²) in [6.45, 7) is 9.46. The van der Waals surface area contributed by atoms with E-state index < -0.39 is 0 Å². The van der Waals surface area contributed by atoms with Crippen LogP contribution in [0.5, 0.6) is 0 Å². The van der Waals surface area contributed by atoms with Gasteiger partial charge in [0.1, 0.15) is 6.10 Å². The Morgan fingerprint density at radius 3 is 2.53 bits per heavy atom. The lowest BCUT2D eigenvalue weighted by Gasteiger charge is -2.38. The van der Waals surface area contributed by atoms with Crippen LogP contribution in [0, 0.1) is 22.7 Å². The molecule has 2 rings (SSSR count). The highest BCUT2D eigenvalue weighted by molar-refractivity contribution is 5.73. The highest BCUT2D eigenvalue weighted by Crippen LogP contribution is 2.66. The van der Waals surface area contributed by atoms with Crippen LogP contribution in [0.2, 0.25) is 0 Å². The summed E-state index contributed by atoms with van der Waals surface area (Å²) in [5.74, 6) is 0.521. The first-order valence-electron chi connectivity index (χ1n) is 7.77. The minimum atomic E-state index is -0.115. The van der Waals surface area contributed by atoms with Crippen LogP contribution in [0.3, 0.4) is 0 Å². The predicted octanol–water partition coefficient (Wildman–Crippen LogP) is 3.12. The molecule has 0 aromatic rings. The average molecular weight is 267 g/mol. The summed E-state index contributed by atoms with van der Waals surface area (Å²) in [5, 5.41) is 0. The van der Waals surface area contributed by atoms with Gasteiger partial charge in [0.25, 0.3) is 0 Å². The second-order valence-electron chi connectivity index (χ2n) is 7.26. The van der Waals surface area contributed by atoms with Crippen molar-refractivity contribution in [2.75, 3.05) is 6.54 Å². The fourth-order valence-electron chi connectivity index (χ4n) is 4.23. The molecule has 0 saturated heterocycles. The van der Waals surface area contributed by atoms with E-state index in [9.17, 15) is 4.79 Å². The highest BCUT2D eigenvalue weighted by Gasteiger charge is 2.62. The van der Waals surface area contributed by atoms with E-state index >= 15 is 0 Å². The van der Waals surface area contributed by atoms with Crippen molar-refractivity contribution >= 4 is 5.97 Å². The Morgan fingerprint density at radius 2 is 2.11 bits per heavy atom. The van der Waals surface area contributed by atoms with Gasteiger partial charge in [0.15, 0.2) is 0 Å². The maximum absolute atomic E-state index is 12.2. The third-order valence-corrected chi connectivity index (χ3v) is 6.23. The molecule has 4 atom stereocenters. The molecule has 110 valence electrons. The molecule has 0 aliphatic heterocycles. The van der Waals surface area contributed by atoms with Crippen molar-refractivity contribution in [1.29, 1.82) is 0 Å². The summed E-state index contributed by atoms with van der Waals surface area (Å²) in [4.78, 5) is 12.2. The first kappa shape index (κ1) is 14.8. The van der Waals surface area contributed by atoms with E-state index in [0.717, 1.165) is 19.3 Å². The third-order valence-electron chi connectivity index (χ3n) is 6.23. The van der Waals surface area contributed by atoms with Gasteiger partial charge in [-0.3, -0.25) is 4.79 Å². The van der Waals surface area contributed by atoms with Gasteiger partial charge in [-0.1, -0.05) is 34.1 Å². The molecule has 2 saturated carbocycles. The zero-order chi connectivity index (χ0) is 14.3. The van der Waals surface area contributed by atoms with Crippen LogP contribution >= 0.6 is 0 Å². The summed E-state index contributed by atoms with van der Waals surface area (Å²) in [6.07, 6.45) is 5.42. The molecule has 0 aromatic heterocycles. The van der Waals surface area contributed by atoms with Crippen LogP contribution in [0.1, 0.15) is 59.8 Å². The number of hydrogen-bond acceptors (Lipinski definition) is 3. The Morgan fingerprint density at radius 1 is 1.42 bits per heavy atom. The first-order chi connectivity index (χ1) is 8.86. The van der Waals surface area contributed by atoms with Gasteiger partial charge in [-0.05, 0) is 37.0 Å². The molecule has 2 aliphatic rings. The monoisotopic (exact) mass is 267 g/mol. The molecule has 3 nitrogen and oxygen atoms in total. The summed E-state index contributed by atoms with van der Waals surface area (Å²) in [6, 6.07) is 0. The fourth-order valence-corrected chi connectivity index (χ4v) is 4.23. The standard InChI is InChI=1S/C16H29NO2/c1-5-6-11(10-17)14(18)19-13-9-12-7-8-16(13,4)15(12,2)3/h11-13H,5-10,17H2,1-4H3. The van der Waals surface area contributed by atoms with Crippen molar-refractivity contribution in [1.82, 2.24) is 0 Å². The molecular weight excluding hydrogens is 238 g/mol. The first-order valence-corrected chi connectivity index (χ1v) is 7.77. The average Bonchev–Trinajstić information content (AvgIpc) is 2.68. The molecule has 2 N–H and O–H groups in total. The van der Waals surface area contributed by atoms with Crippen LogP contribution in [-0.4, -0.2) is 18.6 Å². The molecule has 4 unspecified atom stereocenters. The van der Waals surface area contributed by atoms with Gasteiger partial charge >= 0.3 is 5.97 Å². The molecule has 19 heavy (non-hydrogen) atoms. The van der Waals surface area contributed by atoms with Crippen molar-refractivity contribution in [2.45, 2.75) is 65.9 Å². The lowest BCUT2D eigenvalue weighted by molar-refractivity contribution is -0.161. The van der Waals surface area contributed by atoms with Gasteiger partial charge in [0, 0.05) is 12.0 Å². The van der Waals surface area contributed by atoms with Crippen LogP contribution in [0.15, 0.2) is 0 Å². The Hall–Kier alpha value is -0.570.